The number of anilines is 1. The van der Waals surface area contributed by atoms with Gasteiger partial charge in [0.2, 0.25) is 11.8 Å². The number of sulfonamides is 1. The summed E-state index contributed by atoms with van der Waals surface area (Å²) in [7, 11) is -4.07. The van der Waals surface area contributed by atoms with Gasteiger partial charge in [-0.05, 0) is 69.0 Å². The van der Waals surface area contributed by atoms with Crippen LogP contribution in [0.2, 0.25) is 0 Å². The number of aryl methyl sites for hydroxylation is 2. The molecule has 0 aliphatic rings. The van der Waals surface area contributed by atoms with Crippen molar-refractivity contribution in [2.75, 3.05) is 10.8 Å². The molecule has 3 aromatic rings. The lowest BCUT2D eigenvalue weighted by Crippen LogP contribution is -2.52. The summed E-state index contributed by atoms with van der Waals surface area (Å²) >= 11 is 0. The van der Waals surface area contributed by atoms with Crippen LogP contribution in [0.1, 0.15) is 43.9 Å². The number of hydrogen-bond donors (Lipinski definition) is 1. The highest BCUT2D eigenvalue weighted by molar-refractivity contribution is 7.92. The van der Waals surface area contributed by atoms with Crippen molar-refractivity contribution in [1.29, 1.82) is 0 Å². The monoisotopic (exact) mass is 535 g/mol. The number of carbonyl (C=O) groups is 2. The lowest BCUT2D eigenvalue weighted by molar-refractivity contribution is -0.139. The van der Waals surface area contributed by atoms with Crippen LogP contribution < -0.4 is 9.62 Å². The molecule has 38 heavy (non-hydrogen) atoms. The van der Waals surface area contributed by atoms with E-state index in [1.165, 1.54) is 17.0 Å². The minimum atomic E-state index is -4.07. The van der Waals surface area contributed by atoms with Crippen LogP contribution in [0.25, 0.3) is 0 Å². The molecule has 2 amide bonds. The molecule has 2 atom stereocenters. The van der Waals surface area contributed by atoms with Crippen LogP contribution in [-0.4, -0.2) is 43.8 Å². The molecule has 0 bridgehead atoms. The predicted octanol–water partition coefficient (Wildman–Crippen LogP) is 4.83. The highest BCUT2D eigenvalue weighted by atomic mass is 32.2. The Labute approximate surface area is 226 Å². The van der Waals surface area contributed by atoms with Crippen LogP contribution in [-0.2, 0) is 26.2 Å². The number of hydrogen-bond acceptors (Lipinski definition) is 4. The van der Waals surface area contributed by atoms with Crippen molar-refractivity contribution in [2.45, 2.75) is 64.6 Å². The fourth-order valence-corrected chi connectivity index (χ4v) is 5.60. The van der Waals surface area contributed by atoms with Gasteiger partial charge in [0.05, 0.1) is 10.6 Å². The Morgan fingerprint density at radius 3 is 2.03 bits per heavy atom. The van der Waals surface area contributed by atoms with Crippen molar-refractivity contribution >= 4 is 27.5 Å². The first kappa shape index (κ1) is 28.9. The van der Waals surface area contributed by atoms with E-state index in [9.17, 15) is 18.0 Å². The number of nitrogens with zero attached hydrogens (tertiary/aromatic N) is 2. The van der Waals surface area contributed by atoms with Crippen molar-refractivity contribution in [3.8, 4) is 0 Å². The molecule has 0 aliphatic carbocycles. The first-order valence-corrected chi connectivity index (χ1v) is 14.3. The molecule has 0 fully saturated rings. The fourth-order valence-electron chi connectivity index (χ4n) is 4.10. The Morgan fingerprint density at radius 2 is 1.42 bits per heavy atom. The standard InChI is InChI=1S/C30H37N3O4S/c1-6-24(4)31-30(35)25(5)32(20-26-16-12-10-14-22(26)2)29(34)21-33(28-19-13-11-15-23(28)3)38(36,37)27-17-8-7-9-18-27/h7-19,24-25H,6,20-21H2,1-5H3,(H,31,35). The number of amides is 2. The molecule has 1 N–H and O–H groups in total. The zero-order valence-electron chi connectivity index (χ0n) is 22.7. The second-order valence-corrected chi connectivity index (χ2v) is 11.4. The maximum Gasteiger partial charge on any atom is 0.264 e. The maximum absolute atomic E-state index is 14.0. The number of para-hydroxylation sites is 1. The molecule has 0 spiro atoms. The van der Waals surface area contributed by atoms with E-state index >= 15 is 0 Å². The first-order chi connectivity index (χ1) is 18.1. The van der Waals surface area contributed by atoms with Gasteiger partial charge >= 0.3 is 0 Å². The van der Waals surface area contributed by atoms with Crippen LogP contribution in [0.15, 0.2) is 83.8 Å². The molecule has 3 rings (SSSR count). The van der Waals surface area contributed by atoms with Gasteiger partial charge in [-0.2, -0.15) is 0 Å². The SMILES string of the molecule is CCC(C)NC(=O)C(C)N(Cc1ccccc1C)C(=O)CN(c1ccccc1C)S(=O)(=O)c1ccccc1. The molecule has 0 saturated carbocycles. The highest BCUT2D eigenvalue weighted by Crippen LogP contribution is 2.27. The zero-order valence-corrected chi connectivity index (χ0v) is 23.5. The van der Waals surface area contributed by atoms with Crippen molar-refractivity contribution in [3.05, 3.63) is 95.6 Å². The molecule has 0 aliphatic heterocycles. The molecule has 3 aromatic carbocycles. The van der Waals surface area contributed by atoms with Crippen molar-refractivity contribution in [1.82, 2.24) is 10.2 Å². The van der Waals surface area contributed by atoms with E-state index in [1.54, 1.807) is 50.2 Å². The minimum Gasteiger partial charge on any atom is -0.352 e. The summed E-state index contributed by atoms with van der Waals surface area (Å²) in [5.41, 5.74) is 3.00. The van der Waals surface area contributed by atoms with E-state index in [2.05, 4.69) is 5.32 Å². The average molecular weight is 536 g/mol. The summed E-state index contributed by atoms with van der Waals surface area (Å²) in [5, 5.41) is 2.95. The van der Waals surface area contributed by atoms with Gasteiger partial charge in [-0.15, -0.1) is 0 Å². The summed E-state index contributed by atoms with van der Waals surface area (Å²) in [4.78, 5) is 28.6. The Kier molecular flexibility index (Phi) is 9.69. The van der Waals surface area contributed by atoms with Crippen molar-refractivity contribution in [3.63, 3.8) is 0 Å². The van der Waals surface area contributed by atoms with Gasteiger partial charge in [0.15, 0.2) is 0 Å². The molecule has 0 aromatic heterocycles. The lowest BCUT2D eigenvalue weighted by Gasteiger charge is -2.33. The van der Waals surface area contributed by atoms with Crippen LogP contribution in [0.4, 0.5) is 5.69 Å². The summed E-state index contributed by atoms with van der Waals surface area (Å²) in [6.07, 6.45) is 0.751. The van der Waals surface area contributed by atoms with Gasteiger partial charge in [0.25, 0.3) is 10.0 Å². The molecular formula is C30H37N3O4S. The van der Waals surface area contributed by atoms with E-state index in [-0.39, 0.29) is 23.4 Å². The lowest BCUT2D eigenvalue weighted by atomic mass is 10.1. The molecule has 0 saturated heterocycles. The summed E-state index contributed by atoms with van der Waals surface area (Å²) in [6, 6.07) is 21.9. The topological polar surface area (TPSA) is 86.8 Å². The summed E-state index contributed by atoms with van der Waals surface area (Å²) < 4.78 is 28.8. The minimum absolute atomic E-state index is 0.0534. The molecule has 202 valence electrons. The van der Waals surface area contributed by atoms with Crippen molar-refractivity contribution < 1.29 is 18.0 Å². The Balaban J connectivity index is 2.04. The quantitative estimate of drug-likeness (QED) is 0.381. The summed E-state index contributed by atoms with van der Waals surface area (Å²) in [5.74, 6) is -0.752. The Hall–Kier alpha value is -3.65. The van der Waals surface area contributed by atoms with Gasteiger partial charge in [-0.25, -0.2) is 8.42 Å². The van der Waals surface area contributed by atoms with Crippen LogP contribution in [0, 0.1) is 13.8 Å². The highest BCUT2D eigenvalue weighted by Gasteiger charge is 2.33. The average Bonchev–Trinajstić information content (AvgIpc) is 2.91. The van der Waals surface area contributed by atoms with Gasteiger partial charge in [-0.3, -0.25) is 13.9 Å². The number of nitrogens with one attached hydrogen (secondary N) is 1. The maximum atomic E-state index is 14.0. The van der Waals surface area contributed by atoms with Gasteiger partial charge in [0, 0.05) is 12.6 Å². The molecular weight excluding hydrogens is 498 g/mol. The number of rotatable bonds is 11. The zero-order chi connectivity index (χ0) is 27.9. The molecule has 7 nitrogen and oxygen atoms in total. The molecule has 0 heterocycles. The second kappa shape index (κ2) is 12.7. The second-order valence-electron chi connectivity index (χ2n) is 9.55. The Morgan fingerprint density at radius 1 is 0.842 bits per heavy atom. The predicted molar refractivity (Wildman–Crippen MR) is 151 cm³/mol. The van der Waals surface area contributed by atoms with Gasteiger partial charge in [-0.1, -0.05) is 67.6 Å². The largest absolute Gasteiger partial charge is 0.352 e. The Bertz CT molecular complexity index is 1360. The number of benzene rings is 3. The normalized spacial score (nSPS) is 12.9. The third-order valence-corrected chi connectivity index (χ3v) is 8.54. The fraction of sp³-hybridized carbons (Fsp3) is 0.333. The van der Waals surface area contributed by atoms with Gasteiger partial charge in [0.1, 0.15) is 12.6 Å². The molecule has 2 unspecified atom stereocenters. The van der Waals surface area contributed by atoms with E-state index < -0.39 is 28.5 Å². The summed E-state index contributed by atoms with van der Waals surface area (Å²) in [6.45, 7) is 9.03. The van der Waals surface area contributed by atoms with Crippen LogP contribution in [0.5, 0.6) is 0 Å². The van der Waals surface area contributed by atoms with E-state index in [0.717, 1.165) is 21.9 Å². The smallest absolute Gasteiger partial charge is 0.264 e. The first-order valence-electron chi connectivity index (χ1n) is 12.8. The van der Waals surface area contributed by atoms with Crippen LogP contribution in [0.3, 0.4) is 0 Å². The third kappa shape index (κ3) is 6.81. The van der Waals surface area contributed by atoms with E-state index in [1.807, 2.05) is 51.1 Å². The van der Waals surface area contributed by atoms with E-state index in [0.29, 0.717) is 11.3 Å². The molecule has 8 heteroatoms. The van der Waals surface area contributed by atoms with Crippen molar-refractivity contribution in [2.24, 2.45) is 0 Å². The van der Waals surface area contributed by atoms with Crippen LogP contribution >= 0.6 is 0 Å². The third-order valence-electron chi connectivity index (χ3n) is 6.76. The van der Waals surface area contributed by atoms with E-state index in [4.69, 9.17) is 0 Å². The number of carbonyl (C=O) groups excluding carboxylic acids is 2. The van der Waals surface area contributed by atoms with Gasteiger partial charge < -0.3 is 10.2 Å². The molecule has 0 radical (unpaired) electrons.